The highest BCUT2D eigenvalue weighted by molar-refractivity contribution is 5.87. The maximum absolute atomic E-state index is 11.0. The van der Waals surface area contributed by atoms with E-state index in [2.05, 4.69) is 16.8 Å². The van der Waals surface area contributed by atoms with E-state index in [0.29, 0.717) is 17.5 Å². The molecule has 1 saturated heterocycles. The Morgan fingerprint density at radius 3 is 2.95 bits per heavy atom. The Morgan fingerprint density at radius 1 is 1.47 bits per heavy atom. The molecule has 1 aliphatic heterocycles. The van der Waals surface area contributed by atoms with Crippen LogP contribution in [-0.2, 0) is 0 Å². The molecule has 0 saturated carbocycles. The fourth-order valence-electron chi connectivity index (χ4n) is 2.69. The van der Waals surface area contributed by atoms with Gasteiger partial charge in [0.05, 0.1) is 5.69 Å². The number of hydrogen-bond acceptors (Lipinski definition) is 4. The van der Waals surface area contributed by atoms with Crippen LogP contribution < -0.4 is 10.6 Å². The Balaban J connectivity index is 2.36. The molecule has 0 radical (unpaired) electrons. The van der Waals surface area contributed by atoms with Crippen molar-refractivity contribution in [3.63, 3.8) is 0 Å². The van der Waals surface area contributed by atoms with Gasteiger partial charge in [0.25, 0.3) is 0 Å². The van der Waals surface area contributed by atoms with Crippen molar-refractivity contribution in [2.24, 2.45) is 0 Å². The molecule has 0 aromatic carbocycles. The van der Waals surface area contributed by atoms with Crippen molar-refractivity contribution in [3.05, 3.63) is 17.8 Å². The van der Waals surface area contributed by atoms with Crippen LogP contribution in [0.2, 0.25) is 0 Å². The number of carbonyl (C=O) groups is 1. The van der Waals surface area contributed by atoms with Gasteiger partial charge in [0.2, 0.25) is 0 Å². The molecule has 104 valence electrons. The Bertz CT molecular complexity index is 462. The molecule has 19 heavy (non-hydrogen) atoms. The molecule has 1 fully saturated rings. The minimum Gasteiger partial charge on any atom is -0.477 e. The van der Waals surface area contributed by atoms with E-state index in [-0.39, 0.29) is 5.69 Å². The van der Waals surface area contributed by atoms with E-state index in [1.165, 1.54) is 18.9 Å². The predicted molar refractivity (Wildman–Crippen MR) is 75.5 cm³/mol. The van der Waals surface area contributed by atoms with E-state index < -0.39 is 5.97 Å². The maximum Gasteiger partial charge on any atom is 0.354 e. The van der Waals surface area contributed by atoms with Crippen LogP contribution in [0.25, 0.3) is 0 Å². The zero-order chi connectivity index (χ0) is 13.8. The zero-order valence-electron chi connectivity index (χ0n) is 11.3. The number of anilines is 2. The first-order valence-electron chi connectivity index (χ1n) is 6.90. The van der Waals surface area contributed by atoms with E-state index in [4.69, 9.17) is 10.8 Å². The second-order valence-corrected chi connectivity index (χ2v) is 5.02. The largest absolute Gasteiger partial charge is 0.477 e. The van der Waals surface area contributed by atoms with Gasteiger partial charge in [0.1, 0.15) is 0 Å². The second kappa shape index (κ2) is 5.91. The van der Waals surface area contributed by atoms with Crippen LogP contribution in [0, 0.1) is 0 Å². The lowest BCUT2D eigenvalue weighted by Gasteiger charge is -2.31. The number of nitrogen functional groups attached to an aromatic ring is 1. The summed E-state index contributed by atoms with van der Waals surface area (Å²) in [6.07, 6.45) is 5.68. The molecule has 3 N–H and O–H groups in total. The van der Waals surface area contributed by atoms with Crippen LogP contribution >= 0.6 is 0 Å². The third-order valence-corrected chi connectivity index (χ3v) is 3.74. The summed E-state index contributed by atoms with van der Waals surface area (Å²) in [6, 6.07) is 3.50. The molecule has 0 aliphatic carbocycles. The third-order valence-electron chi connectivity index (χ3n) is 3.74. The number of hydrogen-bond donors (Lipinski definition) is 2. The normalized spacial score (nSPS) is 20.1. The number of nitrogens with two attached hydrogens (primary N) is 1. The quantitative estimate of drug-likeness (QED) is 0.876. The highest BCUT2D eigenvalue weighted by Crippen LogP contribution is 2.28. The first-order chi connectivity index (χ1) is 9.13. The summed E-state index contributed by atoms with van der Waals surface area (Å²) in [5, 5.41) is 9.06. The fourth-order valence-corrected chi connectivity index (χ4v) is 2.69. The van der Waals surface area contributed by atoms with Gasteiger partial charge in [-0.2, -0.15) is 0 Å². The molecule has 0 bridgehead atoms. The van der Waals surface area contributed by atoms with Crippen molar-refractivity contribution in [1.82, 2.24) is 4.98 Å². The van der Waals surface area contributed by atoms with Gasteiger partial charge in [0.15, 0.2) is 11.5 Å². The average molecular weight is 263 g/mol. The van der Waals surface area contributed by atoms with Crippen LogP contribution in [0.3, 0.4) is 0 Å². The van der Waals surface area contributed by atoms with Crippen LogP contribution in [-0.4, -0.2) is 28.6 Å². The minimum absolute atomic E-state index is 0.0586. The highest BCUT2D eigenvalue weighted by atomic mass is 16.4. The van der Waals surface area contributed by atoms with E-state index >= 15 is 0 Å². The zero-order valence-corrected chi connectivity index (χ0v) is 11.3. The lowest BCUT2D eigenvalue weighted by atomic mass is 10.1. The number of nitrogens with zero attached hydrogens (tertiary/aromatic N) is 2. The monoisotopic (exact) mass is 263 g/mol. The topological polar surface area (TPSA) is 79.5 Å². The lowest BCUT2D eigenvalue weighted by Crippen LogP contribution is -2.35. The maximum atomic E-state index is 11.0. The molecule has 5 heteroatoms. The molecule has 0 amide bonds. The number of aromatic nitrogens is 1. The van der Waals surface area contributed by atoms with Crippen molar-refractivity contribution in [2.75, 3.05) is 17.2 Å². The molecular formula is C14H21N3O2. The number of carboxylic acids is 1. The number of carboxylic acid groups (broad SMARTS) is 1. The summed E-state index contributed by atoms with van der Waals surface area (Å²) in [4.78, 5) is 17.5. The summed E-state index contributed by atoms with van der Waals surface area (Å²) >= 11 is 0. The van der Waals surface area contributed by atoms with Crippen LogP contribution in [0.4, 0.5) is 11.5 Å². The van der Waals surface area contributed by atoms with Gasteiger partial charge in [-0.15, -0.1) is 0 Å². The third kappa shape index (κ3) is 2.97. The first kappa shape index (κ1) is 13.6. The molecule has 1 unspecified atom stereocenters. The SMILES string of the molecule is CCC1CCCCCN1c1nc(C(=O)O)ccc1N. The molecule has 1 atom stereocenters. The van der Waals surface area contributed by atoms with Crippen molar-refractivity contribution in [3.8, 4) is 0 Å². The van der Waals surface area contributed by atoms with Crippen molar-refractivity contribution >= 4 is 17.5 Å². The summed E-state index contributed by atoms with van der Waals surface area (Å²) in [7, 11) is 0. The van der Waals surface area contributed by atoms with E-state index in [1.807, 2.05) is 0 Å². The molecule has 1 aromatic rings. The van der Waals surface area contributed by atoms with Gasteiger partial charge < -0.3 is 15.7 Å². The Morgan fingerprint density at radius 2 is 2.26 bits per heavy atom. The van der Waals surface area contributed by atoms with E-state index in [0.717, 1.165) is 25.8 Å². The smallest absolute Gasteiger partial charge is 0.354 e. The summed E-state index contributed by atoms with van der Waals surface area (Å²) in [5.41, 5.74) is 6.61. The molecule has 2 rings (SSSR count). The standard InChI is InChI=1S/C14H21N3O2/c1-2-10-6-4-3-5-9-17(10)13-11(15)7-8-12(16-13)14(18)19/h7-8,10H,2-6,9,15H2,1H3,(H,18,19). The number of pyridine rings is 1. The Kier molecular flexibility index (Phi) is 4.24. The summed E-state index contributed by atoms with van der Waals surface area (Å²) in [6.45, 7) is 3.05. The highest BCUT2D eigenvalue weighted by Gasteiger charge is 2.23. The summed E-state index contributed by atoms with van der Waals surface area (Å²) in [5.74, 6) is -0.377. The molecule has 0 spiro atoms. The number of aromatic carboxylic acids is 1. The second-order valence-electron chi connectivity index (χ2n) is 5.02. The average Bonchev–Trinajstić information content (AvgIpc) is 2.64. The van der Waals surface area contributed by atoms with Gasteiger partial charge >= 0.3 is 5.97 Å². The van der Waals surface area contributed by atoms with Crippen molar-refractivity contribution < 1.29 is 9.90 Å². The lowest BCUT2D eigenvalue weighted by molar-refractivity contribution is 0.0690. The Labute approximate surface area is 113 Å². The molecule has 5 nitrogen and oxygen atoms in total. The molecule has 1 aromatic heterocycles. The van der Waals surface area contributed by atoms with Gasteiger partial charge in [-0.05, 0) is 31.4 Å². The minimum atomic E-state index is -1.01. The fraction of sp³-hybridized carbons (Fsp3) is 0.571. The predicted octanol–water partition coefficient (Wildman–Crippen LogP) is 2.52. The van der Waals surface area contributed by atoms with Crippen molar-refractivity contribution in [2.45, 2.75) is 45.1 Å². The number of rotatable bonds is 3. The van der Waals surface area contributed by atoms with Gasteiger partial charge in [0, 0.05) is 12.6 Å². The van der Waals surface area contributed by atoms with E-state index in [9.17, 15) is 4.79 Å². The molecule has 2 heterocycles. The van der Waals surface area contributed by atoms with Crippen LogP contribution in [0.15, 0.2) is 12.1 Å². The molecule has 1 aliphatic rings. The van der Waals surface area contributed by atoms with Crippen molar-refractivity contribution in [1.29, 1.82) is 0 Å². The Hall–Kier alpha value is -1.78. The van der Waals surface area contributed by atoms with Gasteiger partial charge in [-0.1, -0.05) is 19.8 Å². The summed E-state index contributed by atoms with van der Waals surface area (Å²) < 4.78 is 0. The molecular weight excluding hydrogens is 242 g/mol. The van der Waals surface area contributed by atoms with Crippen LogP contribution in [0.5, 0.6) is 0 Å². The first-order valence-corrected chi connectivity index (χ1v) is 6.90. The van der Waals surface area contributed by atoms with E-state index in [1.54, 1.807) is 6.07 Å². The van der Waals surface area contributed by atoms with Gasteiger partial charge in [-0.3, -0.25) is 0 Å². The van der Waals surface area contributed by atoms with Gasteiger partial charge in [-0.25, -0.2) is 9.78 Å². The van der Waals surface area contributed by atoms with Crippen LogP contribution in [0.1, 0.15) is 49.5 Å².